The van der Waals surface area contributed by atoms with Gasteiger partial charge in [-0.15, -0.1) is 11.3 Å². The molecule has 0 spiro atoms. The van der Waals surface area contributed by atoms with Crippen molar-refractivity contribution in [2.45, 2.75) is 0 Å². The van der Waals surface area contributed by atoms with Crippen LogP contribution in [-0.2, 0) is 25.9 Å². The van der Waals surface area contributed by atoms with Crippen molar-refractivity contribution < 1.29 is 23.9 Å². The highest BCUT2D eigenvalue weighted by atomic mass is 35.5. The Morgan fingerprint density at radius 2 is 1.22 bits per heavy atom. The fourth-order valence-corrected chi connectivity index (χ4v) is 6.99. The number of benzene rings is 1. The van der Waals surface area contributed by atoms with Gasteiger partial charge in [0.15, 0.2) is 0 Å². The van der Waals surface area contributed by atoms with Crippen LogP contribution in [0.15, 0.2) is 73.2 Å². The highest BCUT2D eigenvalue weighted by Gasteiger charge is 2.21. The maximum atomic E-state index is 13.2. The summed E-state index contributed by atoms with van der Waals surface area (Å²) >= 11 is 7.69. The van der Waals surface area contributed by atoms with Crippen LogP contribution in [0.3, 0.4) is 0 Å². The average molecular weight is 717 g/mol. The molecule has 1 fully saturated rings. The molecule has 15 heteroatoms. The van der Waals surface area contributed by atoms with E-state index in [2.05, 4.69) is 26.2 Å². The quantitative estimate of drug-likeness (QED) is 0.153. The van der Waals surface area contributed by atoms with E-state index in [0.717, 1.165) is 30.1 Å². The van der Waals surface area contributed by atoms with Gasteiger partial charge in [-0.2, -0.15) is 0 Å². The summed E-state index contributed by atoms with van der Waals surface area (Å²) in [6.45, 7) is 4.32. The number of ether oxygens (including phenoxy) is 1. The maximum absolute atomic E-state index is 13.2. The summed E-state index contributed by atoms with van der Waals surface area (Å²) in [7, 11) is 5.12. The third-order valence-corrected chi connectivity index (χ3v) is 9.85. The highest BCUT2D eigenvalue weighted by Crippen LogP contribution is 2.35. The molecule has 1 saturated heterocycles. The number of carbonyl (C=O) groups is 4. The molecule has 0 atom stereocenters. The first kappa shape index (κ1) is 34.7. The molecule has 4 N–H and O–H groups in total. The molecule has 5 heterocycles. The standard InChI is InChI=1S/C35H37ClN8O5S/c1-41-19-23(15-27(41)32(45)37-9-10-44-11-13-49-14-12-44)38-33(46)28-16-24(20-42(28)2)39-34(47)29-17-25(21-43(29)3)40-35(48)31-26(36)18-30(50-31)22-7-5-4-6-8-22/h4-8,15-21H,9-14H2,1-3H3,(H,37,45)(H,38,46)(H,39,47)(H,40,48). The molecule has 0 aliphatic carbocycles. The zero-order valence-corrected chi connectivity index (χ0v) is 29.4. The predicted octanol–water partition coefficient (Wildman–Crippen LogP) is 4.90. The summed E-state index contributed by atoms with van der Waals surface area (Å²) in [6, 6.07) is 16.2. The van der Waals surface area contributed by atoms with Gasteiger partial charge < -0.3 is 39.7 Å². The van der Waals surface area contributed by atoms with Gasteiger partial charge in [0.1, 0.15) is 22.0 Å². The van der Waals surface area contributed by atoms with Gasteiger partial charge in [0.05, 0.1) is 35.3 Å². The number of halogens is 1. The Morgan fingerprint density at radius 3 is 1.76 bits per heavy atom. The van der Waals surface area contributed by atoms with E-state index in [4.69, 9.17) is 16.3 Å². The number of anilines is 3. The lowest BCUT2D eigenvalue weighted by Crippen LogP contribution is -2.41. The van der Waals surface area contributed by atoms with Crippen molar-refractivity contribution in [2.75, 3.05) is 55.3 Å². The number of nitrogens with one attached hydrogen (secondary N) is 4. The van der Waals surface area contributed by atoms with Crippen LogP contribution in [0, 0.1) is 0 Å². The van der Waals surface area contributed by atoms with E-state index >= 15 is 0 Å². The topological polar surface area (TPSA) is 144 Å². The second-order valence-electron chi connectivity index (χ2n) is 11.9. The monoisotopic (exact) mass is 716 g/mol. The van der Waals surface area contributed by atoms with E-state index < -0.39 is 11.8 Å². The van der Waals surface area contributed by atoms with Crippen LogP contribution in [-0.4, -0.2) is 81.6 Å². The molecular weight excluding hydrogens is 680 g/mol. The third-order valence-electron chi connectivity index (χ3n) is 8.25. The summed E-state index contributed by atoms with van der Waals surface area (Å²) < 4.78 is 10.2. The summed E-state index contributed by atoms with van der Waals surface area (Å²) in [5, 5.41) is 11.8. The van der Waals surface area contributed by atoms with Crippen molar-refractivity contribution >= 4 is 63.6 Å². The van der Waals surface area contributed by atoms with Crippen LogP contribution in [0.4, 0.5) is 17.1 Å². The van der Waals surface area contributed by atoms with Gasteiger partial charge >= 0.3 is 0 Å². The van der Waals surface area contributed by atoms with E-state index in [1.807, 2.05) is 30.3 Å². The minimum Gasteiger partial charge on any atom is -0.379 e. The first-order chi connectivity index (χ1) is 24.0. The lowest BCUT2D eigenvalue weighted by atomic mass is 10.2. The zero-order chi connectivity index (χ0) is 35.4. The molecule has 0 saturated carbocycles. The summed E-state index contributed by atoms with van der Waals surface area (Å²) in [6.07, 6.45) is 4.93. The molecular formula is C35H37ClN8O5S. The number of aryl methyl sites for hydroxylation is 3. The van der Waals surface area contributed by atoms with Gasteiger partial charge in [-0.05, 0) is 29.8 Å². The largest absolute Gasteiger partial charge is 0.379 e. The SMILES string of the molecule is Cn1cc(NC(=O)c2cc(NC(=O)c3cc(NC(=O)c4sc(-c5ccccc5)cc4Cl)cn3C)cn2C)cc1C(=O)NCCN1CCOCC1. The molecule has 4 amide bonds. The summed E-state index contributed by atoms with van der Waals surface area (Å²) in [5.41, 5.74) is 3.25. The van der Waals surface area contributed by atoms with Gasteiger partial charge in [-0.25, -0.2) is 0 Å². The number of hydrogen-bond donors (Lipinski definition) is 4. The number of amides is 4. The normalized spacial score (nSPS) is 13.2. The van der Waals surface area contributed by atoms with Gasteiger partial charge in [0.25, 0.3) is 23.6 Å². The number of thiophene rings is 1. The Balaban J connectivity index is 1.05. The van der Waals surface area contributed by atoms with E-state index in [9.17, 15) is 19.2 Å². The molecule has 1 aliphatic heterocycles. The second-order valence-corrected chi connectivity index (χ2v) is 13.4. The van der Waals surface area contributed by atoms with Gasteiger partial charge in [0, 0.05) is 70.8 Å². The number of carbonyl (C=O) groups excluding carboxylic acids is 4. The second kappa shape index (κ2) is 15.2. The molecule has 1 aromatic carbocycles. The molecule has 13 nitrogen and oxygen atoms in total. The van der Waals surface area contributed by atoms with Crippen LogP contribution < -0.4 is 21.3 Å². The predicted molar refractivity (Wildman–Crippen MR) is 194 cm³/mol. The van der Waals surface area contributed by atoms with Crippen molar-refractivity contribution in [3.05, 3.63) is 100 Å². The fourth-order valence-electron chi connectivity index (χ4n) is 5.67. The Hall–Kier alpha value is -5.15. The minimum absolute atomic E-state index is 0.235. The molecule has 0 radical (unpaired) electrons. The van der Waals surface area contributed by atoms with E-state index in [1.54, 1.807) is 77.7 Å². The smallest absolute Gasteiger partial charge is 0.272 e. The number of aromatic nitrogens is 3. The summed E-state index contributed by atoms with van der Waals surface area (Å²) in [5.74, 6) is -1.46. The Kier molecular flexibility index (Phi) is 10.5. The molecule has 5 aromatic rings. The molecule has 260 valence electrons. The maximum Gasteiger partial charge on any atom is 0.272 e. The lowest BCUT2D eigenvalue weighted by Gasteiger charge is -2.26. The fraction of sp³-hybridized carbons (Fsp3) is 0.257. The van der Waals surface area contributed by atoms with Gasteiger partial charge in [-0.1, -0.05) is 41.9 Å². The van der Waals surface area contributed by atoms with Gasteiger partial charge in [0.2, 0.25) is 0 Å². The van der Waals surface area contributed by atoms with Crippen molar-refractivity contribution in [2.24, 2.45) is 21.1 Å². The first-order valence-corrected chi connectivity index (χ1v) is 17.1. The van der Waals surface area contributed by atoms with E-state index in [-0.39, 0.29) is 17.5 Å². The molecule has 1 aliphatic rings. The van der Waals surface area contributed by atoms with Crippen LogP contribution >= 0.6 is 22.9 Å². The van der Waals surface area contributed by atoms with Crippen LogP contribution in [0.5, 0.6) is 0 Å². The van der Waals surface area contributed by atoms with Gasteiger partial charge in [-0.3, -0.25) is 24.1 Å². The lowest BCUT2D eigenvalue weighted by molar-refractivity contribution is 0.0383. The van der Waals surface area contributed by atoms with Crippen LogP contribution in [0.1, 0.15) is 41.1 Å². The van der Waals surface area contributed by atoms with Crippen LogP contribution in [0.25, 0.3) is 10.4 Å². The number of nitrogens with zero attached hydrogens (tertiary/aromatic N) is 4. The van der Waals surface area contributed by atoms with Crippen molar-refractivity contribution in [1.29, 1.82) is 0 Å². The number of rotatable bonds is 11. The van der Waals surface area contributed by atoms with Crippen molar-refractivity contribution in [1.82, 2.24) is 23.9 Å². The molecule has 50 heavy (non-hydrogen) atoms. The molecule has 0 bridgehead atoms. The third kappa shape index (κ3) is 8.00. The number of morpholine rings is 1. The highest BCUT2D eigenvalue weighted by molar-refractivity contribution is 7.18. The number of hydrogen-bond acceptors (Lipinski definition) is 7. The zero-order valence-electron chi connectivity index (χ0n) is 27.8. The van der Waals surface area contributed by atoms with Crippen molar-refractivity contribution in [3.63, 3.8) is 0 Å². The molecule has 4 aromatic heterocycles. The Labute approximate surface area is 297 Å². The van der Waals surface area contributed by atoms with Crippen LogP contribution in [0.2, 0.25) is 5.02 Å². The Morgan fingerprint density at radius 1 is 0.720 bits per heavy atom. The first-order valence-electron chi connectivity index (χ1n) is 15.9. The Bertz CT molecular complexity index is 2040. The minimum atomic E-state index is -0.432. The molecule has 0 unspecified atom stereocenters. The molecule has 6 rings (SSSR count). The van der Waals surface area contributed by atoms with E-state index in [1.165, 1.54) is 11.3 Å². The van der Waals surface area contributed by atoms with Crippen molar-refractivity contribution in [3.8, 4) is 10.4 Å². The van der Waals surface area contributed by atoms with E-state index in [0.29, 0.717) is 58.1 Å². The summed E-state index contributed by atoms with van der Waals surface area (Å²) in [4.78, 5) is 55.8. The average Bonchev–Trinajstić information content (AvgIpc) is 3.87.